The minimum Gasteiger partial charge on any atom is -0.337 e. The molecular weight excluding hydrogens is 378 g/mol. The number of hydrogen-bond acceptors (Lipinski definition) is 8. The number of nitrogens with one attached hydrogen (secondary N) is 2. The third-order valence-electron chi connectivity index (χ3n) is 4.59. The van der Waals surface area contributed by atoms with Crippen molar-refractivity contribution in [1.82, 2.24) is 20.3 Å². The Hall–Kier alpha value is -3.81. The Balaban J connectivity index is 1.56. The van der Waals surface area contributed by atoms with Crippen molar-refractivity contribution in [3.8, 4) is 0 Å². The maximum atomic E-state index is 4.73. The van der Waals surface area contributed by atoms with Crippen molar-refractivity contribution < 1.29 is 4.63 Å². The van der Waals surface area contributed by atoms with Crippen LogP contribution in [0.15, 0.2) is 58.3 Å². The molecule has 4 rings (SSSR count). The number of benzene rings is 2. The molecule has 0 spiro atoms. The van der Waals surface area contributed by atoms with Gasteiger partial charge < -0.3 is 5.32 Å². The molecule has 0 aliphatic carbocycles. The van der Waals surface area contributed by atoms with Gasteiger partial charge in [0.2, 0.25) is 11.3 Å². The van der Waals surface area contributed by atoms with E-state index in [9.17, 15) is 0 Å². The van der Waals surface area contributed by atoms with E-state index in [2.05, 4.69) is 69.0 Å². The van der Waals surface area contributed by atoms with Crippen molar-refractivity contribution in [2.45, 2.75) is 33.1 Å². The zero-order valence-corrected chi connectivity index (χ0v) is 17.3. The summed E-state index contributed by atoms with van der Waals surface area (Å²) in [4.78, 5) is 8.85. The Bertz CT molecular complexity index is 1170. The lowest BCUT2D eigenvalue weighted by molar-refractivity contribution is 0.314. The smallest absolute Gasteiger partial charge is 0.245 e. The van der Waals surface area contributed by atoms with Crippen LogP contribution in [0.4, 0.5) is 17.3 Å². The van der Waals surface area contributed by atoms with E-state index < -0.39 is 0 Å². The fourth-order valence-electron chi connectivity index (χ4n) is 2.81. The molecule has 0 saturated heterocycles. The van der Waals surface area contributed by atoms with Crippen molar-refractivity contribution in [2.24, 2.45) is 5.10 Å². The van der Waals surface area contributed by atoms with Crippen LogP contribution in [-0.2, 0) is 5.41 Å². The number of aryl methyl sites for hydroxylation is 1. The number of rotatable bonds is 5. The molecule has 2 aromatic heterocycles. The zero-order valence-electron chi connectivity index (χ0n) is 17.3. The number of fused-ring (bicyclic) bond motifs is 1. The molecule has 2 N–H and O–H groups in total. The summed E-state index contributed by atoms with van der Waals surface area (Å²) in [5.74, 6) is 0.892. The lowest BCUT2D eigenvalue weighted by atomic mass is 9.87. The SMILES string of the molecule is Cc1ccc(Nc2nc3nonc3nc2N/N=C\c2ccc(C(C)(C)C)cc2)cc1. The average molecular weight is 401 g/mol. The zero-order chi connectivity index (χ0) is 21.1. The van der Waals surface area contributed by atoms with Crippen molar-refractivity contribution in [2.75, 3.05) is 10.7 Å². The van der Waals surface area contributed by atoms with E-state index in [1.165, 1.54) is 11.1 Å². The first-order valence-electron chi connectivity index (χ1n) is 9.62. The molecule has 4 aromatic rings. The average Bonchev–Trinajstić information content (AvgIpc) is 3.17. The molecule has 0 unspecified atom stereocenters. The van der Waals surface area contributed by atoms with E-state index in [-0.39, 0.29) is 5.41 Å². The van der Waals surface area contributed by atoms with E-state index in [4.69, 9.17) is 4.63 Å². The summed E-state index contributed by atoms with van der Waals surface area (Å²) >= 11 is 0. The predicted molar refractivity (Wildman–Crippen MR) is 118 cm³/mol. The largest absolute Gasteiger partial charge is 0.337 e. The lowest BCUT2D eigenvalue weighted by Gasteiger charge is -2.18. The van der Waals surface area contributed by atoms with E-state index in [0.717, 1.165) is 11.3 Å². The van der Waals surface area contributed by atoms with Crippen LogP contribution in [0.2, 0.25) is 0 Å². The van der Waals surface area contributed by atoms with Crippen LogP contribution in [0.25, 0.3) is 11.3 Å². The minimum atomic E-state index is 0.112. The highest BCUT2D eigenvalue weighted by molar-refractivity contribution is 5.81. The molecule has 0 saturated carbocycles. The van der Waals surface area contributed by atoms with Gasteiger partial charge in [-0.2, -0.15) is 10.1 Å². The molecule has 0 atom stereocenters. The second kappa shape index (κ2) is 7.90. The molecule has 30 heavy (non-hydrogen) atoms. The first-order valence-corrected chi connectivity index (χ1v) is 9.62. The minimum absolute atomic E-state index is 0.112. The summed E-state index contributed by atoms with van der Waals surface area (Å²) in [6.45, 7) is 8.60. The standard InChI is InChI=1S/C22H23N7O/c1-14-5-11-17(12-6-14)24-18-19(26-21-20(25-18)28-30-29-21)27-23-13-15-7-9-16(10-8-15)22(2,3)4/h5-13H,1-4H3,(H,24,25,28)(H,26,27,29)/b23-13-. The fraction of sp³-hybridized carbons (Fsp3) is 0.227. The van der Waals surface area contributed by atoms with Gasteiger partial charge in [-0.05, 0) is 45.9 Å². The summed E-state index contributed by atoms with van der Waals surface area (Å²) < 4.78 is 4.73. The summed E-state index contributed by atoms with van der Waals surface area (Å²) in [7, 11) is 0. The molecule has 0 aliphatic rings. The van der Waals surface area contributed by atoms with Crippen molar-refractivity contribution >= 4 is 34.8 Å². The topological polar surface area (TPSA) is 101 Å². The van der Waals surface area contributed by atoms with E-state index in [1.54, 1.807) is 6.21 Å². The van der Waals surface area contributed by atoms with Crippen molar-refractivity contribution in [3.05, 3.63) is 65.2 Å². The maximum Gasteiger partial charge on any atom is 0.245 e. The quantitative estimate of drug-likeness (QED) is 0.365. The molecular formula is C22H23N7O. The van der Waals surface area contributed by atoms with Gasteiger partial charge in [0, 0.05) is 5.69 Å². The summed E-state index contributed by atoms with van der Waals surface area (Å²) in [6.07, 6.45) is 1.73. The molecule has 2 aromatic carbocycles. The molecule has 0 amide bonds. The highest BCUT2D eigenvalue weighted by Gasteiger charge is 2.14. The van der Waals surface area contributed by atoms with Crippen LogP contribution in [-0.4, -0.2) is 26.5 Å². The van der Waals surface area contributed by atoms with Gasteiger partial charge in [-0.1, -0.05) is 62.7 Å². The third kappa shape index (κ3) is 4.43. The highest BCUT2D eigenvalue weighted by atomic mass is 16.6. The van der Waals surface area contributed by atoms with Gasteiger partial charge in [0.15, 0.2) is 11.6 Å². The van der Waals surface area contributed by atoms with Gasteiger partial charge in [-0.3, -0.25) is 5.43 Å². The Labute approximate surface area is 174 Å². The first kappa shape index (κ1) is 19.5. The Morgan fingerprint density at radius 2 is 1.50 bits per heavy atom. The lowest BCUT2D eigenvalue weighted by Crippen LogP contribution is -2.10. The van der Waals surface area contributed by atoms with Crippen molar-refractivity contribution in [1.29, 1.82) is 0 Å². The van der Waals surface area contributed by atoms with Gasteiger partial charge >= 0.3 is 0 Å². The van der Waals surface area contributed by atoms with Crippen LogP contribution >= 0.6 is 0 Å². The number of hydrazone groups is 1. The first-order chi connectivity index (χ1) is 14.4. The molecule has 0 fully saturated rings. The molecule has 152 valence electrons. The normalized spacial score (nSPS) is 11.9. The van der Waals surface area contributed by atoms with E-state index in [0.29, 0.717) is 22.9 Å². The number of aromatic nitrogens is 4. The predicted octanol–water partition coefficient (Wildman–Crippen LogP) is 4.81. The van der Waals surface area contributed by atoms with Crippen LogP contribution in [0.5, 0.6) is 0 Å². The van der Waals surface area contributed by atoms with Gasteiger partial charge in [-0.25, -0.2) is 9.61 Å². The highest BCUT2D eigenvalue weighted by Crippen LogP contribution is 2.24. The van der Waals surface area contributed by atoms with Gasteiger partial charge in [0.25, 0.3) is 0 Å². The Morgan fingerprint density at radius 1 is 0.867 bits per heavy atom. The second-order valence-electron chi connectivity index (χ2n) is 8.07. The van der Waals surface area contributed by atoms with Gasteiger partial charge in [-0.15, -0.1) is 0 Å². The summed E-state index contributed by atoms with van der Waals surface area (Å²) in [5.41, 5.74) is 7.96. The van der Waals surface area contributed by atoms with Crippen molar-refractivity contribution in [3.63, 3.8) is 0 Å². The monoisotopic (exact) mass is 401 g/mol. The number of nitrogens with zero attached hydrogens (tertiary/aromatic N) is 5. The molecule has 0 radical (unpaired) electrons. The van der Waals surface area contributed by atoms with E-state index >= 15 is 0 Å². The fourth-order valence-corrected chi connectivity index (χ4v) is 2.81. The number of hydrogen-bond donors (Lipinski definition) is 2. The molecule has 0 aliphatic heterocycles. The Kier molecular flexibility index (Phi) is 5.14. The van der Waals surface area contributed by atoms with Gasteiger partial charge in [0.05, 0.1) is 6.21 Å². The van der Waals surface area contributed by atoms with Crippen LogP contribution in [0, 0.1) is 6.92 Å². The second-order valence-corrected chi connectivity index (χ2v) is 8.07. The molecule has 8 nitrogen and oxygen atoms in total. The number of anilines is 3. The Morgan fingerprint density at radius 3 is 2.13 bits per heavy atom. The maximum absolute atomic E-state index is 4.73. The molecule has 0 bridgehead atoms. The van der Waals surface area contributed by atoms with Crippen LogP contribution < -0.4 is 10.7 Å². The molecule has 2 heterocycles. The van der Waals surface area contributed by atoms with Crippen LogP contribution in [0.3, 0.4) is 0 Å². The summed E-state index contributed by atoms with van der Waals surface area (Å²) in [5, 5.41) is 15.1. The van der Waals surface area contributed by atoms with Gasteiger partial charge in [0.1, 0.15) is 0 Å². The third-order valence-corrected chi connectivity index (χ3v) is 4.59. The van der Waals surface area contributed by atoms with Crippen LogP contribution in [0.1, 0.15) is 37.5 Å². The van der Waals surface area contributed by atoms with E-state index in [1.807, 2.05) is 43.3 Å². The summed E-state index contributed by atoms with van der Waals surface area (Å²) in [6, 6.07) is 16.2. The molecule has 8 heteroatoms.